The lowest BCUT2D eigenvalue weighted by Crippen LogP contribution is -2.43. The summed E-state index contributed by atoms with van der Waals surface area (Å²) >= 11 is 6.05. The molecule has 2 aliphatic heterocycles. The van der Waals surface area contributed by atoms with Crippen molar-refractivity contribution in [1.29, 1.82) is 0 Å². The van der Waals surface area contributed by atoms with Gasteiger partial charge in [-0.05, 0) is 24.6 Å². The molecule has 1 unspecified atom stereocenters. The summed E-state index contributed by atoms with van der Waals surface area (Å²) in [7, 11) is 0. The number of carboxylic acids is 1. The van der Waals surface area contributed by atoms with Gasteiger partial charge in [-0.25, -0.2) is 4.79 Å². The van der Waals surface area contributed by atoms with Gasteiger partial charge in [0, 0.05) is 34.5 Å². The molecule has 1 aromatic rings. The van der Waals surface area contributed by atoms with Gasteiger partial charge in [-0.3, -0.25) is 4.79 Å². The van der Waals surface area contributed by atoms with E-state index in [0.717, 1.165) is 5.70 Å². The Hall–Kier alpha value is -2.11. The van der Waals surface area contributed by atoms with Crippen molar-refractivity contribution in [2.75, 3.05) is 13.1 Å². The number of Topliss-reactive ketones (excluding diaryl/α,β-unsaturated/α-hetero) is 1. The van der Waals surface area contributed by atoms with Crippen molar-refractivity contribution in [3.05, 3.63) is 57.4 Å². The van der Waals surface area contributed by atoms with Gasteiger partial charge in [-0.2, -0.15) is 0 Å². The van der Waals surface area contributed by atoms with Crippen molar-refractivity contribution in [3.8, 4) is 0 Å². The first-order valence-corrected chi connectivity index (χ1v) is 7.30. The van der Waals surface area contributed by atoms with Crippen LogP contribution in [0.4, 0.5) is 0 Å². The van der Waals surface area contributed by atoms with E-state index in [4.69, 9.17) is 11.6 Å². The minimum Gasteiger partial charge on any atom is -0.478 e. The Bertz CT molecular complexity index is 737. The first kappa shape index (κ1) is 14.8. The van der Waals surface area contributed by atoms with Gasteiger partial charge in [0.1, 0.15) is 0 Å². The average Bonchev–Trinajstić information content (AvgIpc) is 2.45. The minimum absolute atomic E-state index is 0.0926. The van der Waals surface area contributed by atoms with Crippen LogP contribution in [0.15, 0.2) is 46.8 Å². The summed E-state index contributed by atoms with van der Waals surface area (Å²) in [6.45, 7) is 2.44. The highest BCUT2D eigenvalue weighted by Crippen LogP contribution is 2.39. The summed E-state index contributed by atoms with van der Waals surface area (Å²) in [5, 5.41) is 16.2. The molecule has 0 fully saturated rings. The largest absolute Gasteiger partial charge is 0.478 e. The molecule has 6 heteroatoms. The third-order valence-corrected chi connectivity index (χ3v) is 4.18. The number of benzene rings is 1. The normalized spacial score (nSPS) is 21.5. The van der Waals surface area contributed by atoms with Gasteiger partial charge in [0.05, 0.1) is 12.1 Å². The molecule has 0 spiro atoms. The predicted octanol–water partition coefficient (Wildman–Crippen LogP) is 1.81. The molecular formula is C16H15ClN2O3. The Morgan fingerprint density at radius 3 is 2.82 bits per heavy atom. The third-order valence-electron chi connectivity index (χ3n) is 3.95. The first-order valence-electron chi connectivity index (χ1n) is 6.92. The highest BCUT2D eigenvalue weighted by molar-refractivity contribution is 6.30. The number of hydrogen-bond donors (Lipinski definition) is 3. The Kier molecular flexibility index (Phi) is 3.76. The number of aliphatic carboxylic acids is 1. The molecule has 0 amide bonds. The van der Waals surface area contributed by atoms with E-state index in [1.807, 2.05) is 0 Å². The molecule has 0 radical (unpaired) electrons. The summed E-state index contributed by atoms with van der Waals surface area (Å²) in [5.74, 6) is -1.72. The fraction of sp³-hybridized carbons (Fsp3) is 0.250. The van der Waals surface area contributed by atoms with E-state index in [2.05, 4.69) is 10.6 Å². The zero-order valence-corrected chi connectivity index (χ0v) is 12.7. The Morgan fingerprint density at radius 2 is 2.14 bits per heavy atom. The van der Waals surface area contributed by atoms with E-state index < -0.39 is 11.9 Å². The van der Waals surface area contributed by atoms with Crippen LogP contribution >= 0.6 is 11.6 Å². The van der Waals surface area contributed by atoms with E-state index >= 15 is 0 Å². The van der Waals surface area contributed by atoms with E-state index in [0.29, 0.717) is 28.4 Å². The summed E-state index contributed by atoms with van der Waals surface area (Å²) in [4.78, 5) is 24.1. The lowest BCUT2D eigenvalue weighted by atomic mass is 9.77. The van der Waals surface area contributed by atoms with Gasteiger partial charge in [0.25, 0.3) is 0 Å². The maximum absolute atomic E-state index is 12.4. The van der Waals surface area contributed by atoms with Crippen LogP contribution in [0.2, 0.25) is 5.02 Å². The fourth-order valence-corrected chi connectivity index (χ4v) is 3.26. The van der Waals surface area contributed by atoms with Gasteiger partial charge < -0.3 is 15.7 Å². The molecule has 0 bridgehead atoms. The second kappa shape index (κ2) is 5.59. The maximum atomic E-state index is 12.4. The zero-order valence-electron chi connectivity index (χ0n) is 11.9. The van der Waals surface area contributed by atoms with Crippen LogP contribution in [0.3, 0.4) is 0 Å². The second-order valence-electron chi connectivity index (χ2n) is 5.38. The van der Waals surface area contributed by atoms with Crippen LogP contribution in [0, 0.1) is 0 Å². The first-order chi connectivity index (χ1) is 10.5. The number of halogens is 1. The molecular weight excluding hydrogens is 304 g/mol. The lowest BCUT2D eigenvalue weighted by Gasteiger charge is -2.33. The molecule has 1 aromatic carbocycles. The Morgan fingerprint density at radius 1 is 1.36 bits per heavy atom. The van der Waals surface area contributed by atoms with Gasteiger partial charge in [0.2, 0.25) is 0 Å². The van der Waals surface area contributed by atoms with Crippen LogP contribution in [0.25, 0.3) is 0 Å². The third kappa shape index (κ3) is 2.42. The number of carboxylic acid groups (broad SMARTS) is 1. The highest BCUT2D eigenvalue weighted by Gasteiger charge is 2.38. The highest BCUT2D eigenvalue weighted by atomic mass is 35.5. The van der Waals surface area contributed by atoms with Gasteiger partial charge in [-0.1, -0.05) is 23.7 Å². The monoisotopic (exact) mass is 318 g/mol. The number of hydrogen-bond acceptors (Lipinski definition) is 4. The molecule has 22 heavy (non-hydrogen) atoms. The molecule has 114 valence electrons. The minimum atomic E-state index is -1.03. The van der Waals surface area contributed by atoms with Crippen LogP contribution in [0.5, 0.6) is 0 Å². The molecule has 3 rings (SSSR count). The van der Waals surface area contributed by atoms with Crippen molar-refractivity contribution in [2.45, 2.75) is 12.8 Å². The number of ketones is 1. The molecule has 3 N–H and O–H groups in total. The summed E-state index contributed by atoms with van der Waals surface area (Å²) in [6, 6.07) is 7.01. The SMILES string of the molecule is CC1=C(C(=O)O)C(c2cccc(Cl)c2)C2=C(CNCC2=O)N1. The van der Waals surface area contributed by atoms with Crippen molar-refractivity contribution >= 4 is 23.4 Å². The molecule has 2 aliphatic rings. The predicted molar refractivity (Wildman–Crippen MR) is 82.6 cm³/mol. The molecule has 1 atom stereocenters. The Labute approximate surface area is 132 Å². The van der Waals surface area contributed by atoms with Crippen LogP contribution in [-0.2, 0) is 9.59 Å². The van der Waals surface area contributed by atoms with Crippen molar-refractivity contribution in [1.82, 2.24) is 10.6 Å². The quantitative estimate of drug-likeness (QED) is 0.775. The van der Waals surface area contributed by atoms with E-state index in [1.54, 1.807) is 31.2 Å². The number of dihydropyridines is 1. The molecule has 2 heterocycles. The van der Waals surface area contributed by atoms with Crippen molar-refractivity contribution in [2.24, 2.45) is 0 Å². The number of carbonyl (C=O) groups is 2. The lowest BCUT2D eigenvalue weighted by molar-refractivity contribution is -0.133. The molecule has 0 saturated heterocycles. The smallest absolute Gasteiger partial charge is 0.334 e. The number of nitrogens with one attached hydrogen (secondary N) is 2. The summed E-state index contributed by atoms with van der Waals surface area (Å²) in [5.41, 5.74) is 2.71. The Balaban J connectivity index is 2.21. The standard InChI is InChI=1S/C16H15ClN2O3/c1-8-13(16(21)22)14(9-3-2-4-10(17)5-9)15-11(19-8)6-18-7-12(15)20/h2-5,14,18-19H,6-7H2,1H3,(H,21,22). The van der Waals surface area contributed by atoms with Gasteiger partial charge in [0.15, 0.2) is 5.78 Å². The maximum Gasteiger partial charge on any atom is 0.334 e. The number of allylic oxidation sites excluding steroid dienone is 1. The van der Waals surface area contributed by atoms with Crippen LogP contribution in [0.1, 0.15) is 18.4 Å². The molecule has 5 nitrogen and oxygen atoms in total. The fourth-order valence-electron chi connectivity index (χ4n) is 3.06. The zero-order chi connectivity index (χ0) is 15.9. The van der Waals surface area contributed by atoms with E-state index in [1.165, 1.54) is 0 Å². The van der Waals surface area contributed by atoms with Crippen LogP contribution in [-0.4, -0.2) is 29.9 Å². The van der Waals surface area contributed by atoms with E-state index in [-0.39, 0.29) is 17.9 Å². The summed E-state index contributed by atoms with van der Waals surface area (Å²) < 4.78 is 0. The molecule has 0 aromatic heterocycles. The number of rotatable bonds is 2. The van der Waals surface area contributed by atoms with Gasteiger partial charge in [-0.15, -0.1) is 0 Å². The van der Waals surface area contributed by atoms with Crippen LogP contribution < -0.4 is 10.6 Å². The summed E-state index contributed by atoms with van der Waals surface area (Å²) in [6.07, 6.45) is 0. The average molecular weight is 319 g/mol. The number of carbonyl (C=O) groups excluding carboxylic acids is 1. The van der Waals surface area contributed by atoms with Crippen molar-refractivity contribution < 1.29 is 14.7 Å². The molecule has 0 aliphatic carbocycles. The van der Waals surface area contributed by atoms with E-state index in [9.17, 15) is 14.7 Å². The molecule has 0 saturated carbocycles. The van der Waals surface area contributed by atoms with Gasteiger partial charge >= 0.3 is 5.97 Å². The topological polar surface area (TPSA) is 78.4 Å². The van der Waals surface area contributed by atoms with Crippen molar-refractivity contribution in [3.63, 3.8) is 0 Å². The second-order valence-corrected chi connectivity index (χ2v) is 5.81.